The third-order valence-corrected chi connectivity index (χ3v) is 3.12. The Hall–Kier alpha value is -0.360. The Morgan fingerprint density at radius 2 is 1.88 bits per heavy atom. The summed E-state index contributed by atoms with van der Waals surface area (Å²) >= 11 is 21.2. The summed E-state index contributed by atoms with van der Waals surface area (Å²) < 4.78 is 2.20. The van der Waals surface area contributed by atoms with Gasteiger partial charge in [-0.15, -0.1) is 16.7 Å². The number of nitrogens with zero attached hydrogens (tertiary/aromatic N) is 4. The van der Waals surface area contributed by atoms with E-state index in [4.69, 9.17) is 34.8 Å². The van der Waals surface area contributed by atoms with E-state index in [1.54, 1.807) is 12.1 Å². The molecular weight excluding hydrogens is 338 g/mol. The van der Waals surface area contributed by atoms with Gasteiger partial charge >= 0.3 is 0 Å². The monoisotopic (exact) mass is 340 g/mol. The van der Waals surface area contributed by atoms with Crippen LogP contribution in [0.25, 0.3) is 5.69 Å². The molecule has 0 aliphatic heterocycles. The smallest absolute Gasteiger partial charge is 0.171 e. The van der Waals surface area contributed by atoms with Crippen molar-refractivity contribution in [3.63, 3.8) is 0 Å². The highest BCUT2D eigenvalue weighted by Crippen LogP contribution is 2.32. The molecule has 0 N–H and O–H groups in total. The lowest BCUT2D eigenvalue weighted by atomic mass is 10.3. The van der Waals surface area contributed by atoms with Crippen molar-refractivity contribution >= 4 is 50.7 Å². The number of halogens is 4. The van der Waals surface area contributed by atoms with Gasteiger partial charge in [-0.3, -0.25) is 0 Å². The maximum atomic E-state index is 6.08. The first-order valence-electron chi connectivity index (χ1n) is 4.11. The minimum Gasteiger partial charge on any atom is -0.193 e. The van der Waals surface area contributed by atoms with Crippen molar-refractivity contribution in [3.8, 4) is 5.69 Å². The third kappa shape index (κ3) is 2.18. The first-order valence-corrected chi connectivity index (χ1v) is 6.20. The van der Waals surface area contributed by atoms with Crippen LogP contribution in [0.15, 0.2) is 16.6 Å². The van der Waals surface area contributed by atoms with E-state index in [0.717, 1.165) is 4.47 Å². The van der Waals surface area contributed by atoms with Crippen LogP contribution in [-0.2, 0) is 5.88 Å². The number of aromatic nitrogens is 4. The van der Waals surface area contributed by atoms with Crippen LogP contribution in [0.5, 0.6) is 0 Å². The number of benzene rings is 1. The summed E-state index contributed by atoms with van der Waals surface area (Å²) in [6, 6.07) is 3.42. The highest BCUT2D eigenvalue weighted by molar-refractivity contribution is 9.10. The van der Waals surface area contributed by atoms with Crippen LogP contribution < -0.4 is 0 Å². The summed E-state index contributed by atoms with van der Waals surface area (Å²) in [5, 5.41) is 12.0. The second-order valence-corrected chi connectivity index (χ2v) is 4.86. The molecule has 1 heterocycles. The molecule has 2 aromatic rings. The summed E-state index contributed by atoms with van der Waals surface area (Å²) in [4.78, 5) is 0. The largest absolute Gasteiger partial charge is 0.193 e. The maximum absolute atomic E-state index is 6.08. The first kappa shape index (κ1) is 12.1. The van der Waals surface area contributed by atoms with Gasteiger partial charge in [0.25, 0.3) is 0 Å². The second kappa shape index (κ2) is 4.87. The predicted octanol–water partition coefficient (Wildman–Crippen LogP) is 3.47. The highest BCUT2D eigenvalue weighted by Gasteiger charge is 2.14. The van der Waals surface area contributed by atoms with Crippen LogP contribution in [0.1, 0.15) is 5.82 Å². The molecule has 0 fully saturated rings. The molecule has 0 bridgehead atoms. The Balaban J connectivity index is 2.64. The first-order chi connectivity index (χ1) is 7.63. The maximum Gasteiger partial charge on any atom is 0.171 e. The van der Waals surface area contributed by atoms with Crippen molar-refractivity contribution in [1.29, 1.82) is 0 Å². The molecule has 4 nitrogen and oxygen atoms in total. The Kier molecular flexibility index (Phi) is 3.69. The summed E-state index contributed by atoms with van der Waals surface area (Å²) in [5.74, 6) is 0.656. The molecule has 2 rings (SSSR count). The van der Waals surface area contributed by atoms with E-state index in [1.807, 2.05) is 0 Å². The Morgan fingerprint density at radius 1 is 1.25 bits per heavy atom. The van der Waals surface area contributed by atoms with Crippen molar-refractivity contribution in [1.82, 2.24) is 20.2 Å². The fourth-order valence-electron chi connectivity index (χ4n) is 1.20. The molecular formula is C8H4BrCl3N4. The highest BCUT2D eigenvalue weighted by atomic mass is 79.9. The van der Waals surface area contributed by atoms with Gasteiger partial charge in [0.1, 0.15) is 5.69 Å². The van der Waals surface area contributed by atoms with Crippen molar-refractivity contribution in [2.24, 2.45) is 0 Å². The number of hydrogen-bond donors (Lipinski definition) is 0. The van der Waals surface area contributed by atoms with E-state index >= 15 is 0 Å². The normalized spacial score (nSPS) is 10.8. The molecule has 0 saturated heterocycles. The van der Waals surface area contributed by atoms with Crippen LogP contribution in [0, 0.1) is 0 Å². The van der Waals surface area contributed by atoms with Crippen LogP contribution >= 0.6 is 50.7 Å². The Labute approximate surface area is 115 Å². The van der Waals surface area contributed by atoms with Crippen molar-refractivity contribution in [2.45, 2.75) is 5.88 Å². The lowest BCUT2D eigenvalue weighted by Crippen LogP contribution is -2.03. The second-order valence-electron chi connectivity index (χ2n) is 2.86. The van der Waals surface area contributed by atoms with Crippen molar-refractivity contribution in [2.75, 3.05) is 0 Å². The lowest BCUT2D eigenvalue weighted by Gasteiger charge is -2.08. The van der Waals surface area contributed by atoms with E-state index in [0.29, 0.717) is 21.6 Å². The third-order valence-electron chi connectivity index (χ3n) is 1.85. The van der Waals surface area contributed by atoms with Crippen LogP contribution in [0.4, 0.5) is 0 Å². The van der Waals surface area contributed by atoms with E-state index in [2.05, 4.69) is 31.5 Å². The molecule has 0 spiro atoms. The fraction of sp³-hybridized carbons (Fsp3) is 0.125. The number of rotatable bonds is 2. The molecule has 0 atom stereocenters. The van der Waals surface area contributed by atoms with Crippen LogP contribution in [0.2, 0.25) is 10.0 Å². The van der Waals surface area contributed by atoms with E-state index in [1.165, 1.54) is 4.68 Å². The van der Waals surface area contributed by atoms with Gasteiger partial charge in [-0.2, -0.15) is 4.68 Å². The zero-order valence-electron chi connectivity index (χ0n) is 7.66. The molecule has 1 aromatic heterocycles. The molecule has 0 radical (unpaired) electrons. The average Bonchev–Trinajstić information content (AvgIpc) is 2.64. The number of hydrogen-bond acceptors (Lipinski definition) is 3. The minimum absolute atomic E-state index is 0.176. The molecule has 84 valence electrons. The SMILES string of the molecule is ClCc1nnnn1-c1c(Cl)cc(Br)cc1Cl. The molecule has 0 aliphatic rings. The van der Waals surface area contributed by atoms with Crippen molar-refractivity contribution < 1.29 is 0 Å². The topological polar surface area (TPSA) is 43.6 Å². The molecule has 0 aliphatic carbocycles. The summed E-state index contributed by atoms with van der Waals surface area (Å²) in [5.41, 5.74) is 0.521. The Bertz CT molecular complexity index is 505. The molecule has 0 amide bonds. The van der Waals surface area contributed by atoms with Gasteiger partial charge in [0.2, 0.25) is 0 Å². The zero-order valence-corrected chi connectivity index (χ0v) is 11.5. The van der Waals surface area contributed by atoms with Gasteiger partial charge in [-0.05, 0) is 22.6 Å². The number of tetrazole rings is 1. The average molecular weight is 342 g/mol. The summed E-state index contributed by atoms with van der Waals surface area (Å²) in [6.07, 6.45) is 0. The molecule has 1 aromatic carbocycles. The van der Waals surface area contributed by atoms with Gasteiger partial charge < -0.3 is 0 Å². The molecule has 8 heteroatoms. The van der Waals surface area contributed by atoms with Gasteiger partial charge in [0, 0.05) is 4.47 Å². The molecule has 16 heavy (non-hydrogen) atoms. The lowest BCUT2D eigenvalue weighted by molar-refractivity contribution is 0.777. The fourth-order valence-corrected chi connectivity index (χ4v) is 2.73. The Morgan fingerprint density at radius 3 is 2.44 bits per heavy atom. The predicted molar refractivity (Wildman–Crippen MR) is 66.4 cm³/mol. The van der Waals surface area contributed by atoms with Gasteiger partial charge in [0.15, 0.2) is 5.82 Å². The minimum atomic E-state index is 0.176. The van der Waals surface area contributed by atoms with Crippen molar-refractivity contribution in [3.05, 3.63) is 32.5 Å². The van der Waals surface area contributed by atoms with E-state index in [9.17, 15) is 0 Å². The van der Waals surface area contributed by atoms with Crippen LogP contribution in [0.3, 0.4) is 0 Å². The van der Waals surface area contributed by atoms with Gasteiger partial charge in [-0.25, -0.2) is 0 Å². The summed E-state index contributed by atoms with van der Waals surface area (Å²) in [6.45, 7) is 0. The van der Waals surface area contributed by atoms with Gasteiger partial charge in [-0.1, -0.05) is 39.1 Å². The molecule has 0 unspecified atom stereocenters. The standard InChI is InChI=1S/C8H4BrCl3N4/c9-4-1-5(11)8(6(12)2-4)16-7(3-10)13-14-15-16/h1-2H,3H2. The van der Waals surface area contributed by atoms with Gasteiger partial charge in [0.05, 0.1) is 15.9 Å². The van der Waals surface area contributed by atoms with E-state index in [-0.39, 0.29) is 5.88 Å². The van der Waals surface area contributed by atoms with Crippen LogP contribution in [-0.4, -0.2) is 20.2 Å². The quantitative estimate of drug-likeness (QED) is 0.785. The molecule has 0 saturated carbocycles. The summed E-state index contributed by atoms with van der Waals surface area (Å²) in [7, 11) is 0. The van der Waals surface area contributed by atoms with E-state index < -0.39 is 0 Å². The number of alkyl halides is 1. The zero-order chi connectivity index (χ0) is 11.7.